The maximum absolute atomic E-state index is 12.9. The number of carboxylic acid groups (broad SMARTS) is 1. The van der Waals surface area contributed by atoms with Crippen LogP contribution >= 0.6 is 0 Å². The number of aryl methyl sites for hydroxylation is 1. The molecule has 2 aromatic rings. The molecule has 1 saturated heterocycles. The van der Waals surface area contributed by atoms with Gasteiger partial charge in [0.05, 0.1) is 0 Å². The van der Waals surface area contributed by atoms with Gasteiger partial charge in [-0.15, -0.1) is 10.2 Å². The third-order valence-corrected chi connectivity index (χ3v) is 5.31. The number of benzene rings is 1. The minimum Gasteiger partial charge on any atom is -0.480 e. The maximum atomic E-state index is 12.9. The highest BCUT2D eigenvalue weighted by molar-refractivity contribution is 5.97. The lowest BCUT2D eigenvalue weighted by molar-refractivity contribution is -0.142. The average Bonchev–Trinajstić information content (AvgIpc) is 3.29. The fraction of sp³-hybridized carbons (Fsp3) is 0.444. The molecule has 1 amide bonds. The molecule has 0 radical (unpaired) electrons. The number of hydrogen-bond donors (Lipinski definition) is 1. The van der Waals surface area contributed by atoms with Crippen molar-refractivity contribution in [2.45, 2.75) is 32.2 Å². The van der Waals surface area contributed by atoms with E-state index in [0.29, 0.717) is 29.8 Å². The summed E-state index contributed by atoms with van der Waals surface area (Å²) in [6.45, 7) is 2.25. The van der Waals surface area contributed by atoms with E-state index in [-0.39, 0.29) is 11.8 Å². The number of amides is 1. The number of nitrogens with zero attached hydrogens (tertiary/aromatic N) is 3. The van der Waals surface area contributed by atoms with Crippen molar-refractivity contribution in [3.05, 3.63) is 35.7 Å². The summed E-state index contributed by atoms with van der Waals surface area (Å²) in [5.41, 5.74) is 1.21. The van der Waals surface area contributed by atoms with Crippen LogP contribution in [0.25, 0.3) is 11.5 Å². The predicted molar refractivity (Wildman–Crippen MR) is 87.8 cm³/mol. The smallest absolute Gasteiger partial charge is 0.326 e. The molecule has 3 unspecified atom stereocenters. The molecule has 1 aromatic heterocycles. The monoisotopic (exact) mass is 341 g/mol. The molecule has 4 rings (SSSR count). The van der Waals surface area contributed by atoms with E-state index in [1.54, 1.807) is 31.2 Å². The molecule has 3 atom stereocenters. The number of rotatable bonds is 3. The van der Waals surface area contributed by atoms with Gasteiger partial charge in [-0.3, -0.25) is 4.79 Å². The van der Waals surface area contributed by atoms with Crippen LogP contribution in [0.15, 0.2) is 28.7 Å². The summed E-state index contributed by atoms with van der Waals surface area (Å²) in [5, 5.41) is 17.3. The van der Waals surface area contributed by atoms with Crippen LogP contribution in [0.2, 0.25) is 0 Å². The third kappa shape index (κ3) is 2.69. The molecule has 2 fully saturated rings. The first-order valence-corrected chi connectivity index (χ1v) is 8.49. The number of carboxylic acids is 1. The minimum absolute atomic E-state index is 0.0853. The van der Waals surface area contributed by atoms with Crippen LogP contribution in [-0.2, 0) is 4.79 Å². The summed E-state index contributed by atoms with van der Waals surface area (Å²) in [7, 11) is 0. The Morgan fingerprint density at radius 1 is 1.20 bits per heavy atom. The van der Waals surface area contributed by atoms with Crippen molar-refractivity contribution in [3.63, 3.8) is 0 Å². The highest BCUT2D eigenvalue weighted by Crippen LogP contribution is 2.42. The summed E-state index contributed by atoms with van der Waals surface area (Å²) >= 11 is 0. The number of carbonyl (C=O) groups excluding carboxylic acids is 1. The Balaban J connectivity index is 1.57. The normalized spacial score (nSPS) is 25.2. The fourth-order valence-corrected chi connectivity index (χ4v) is 4.17. The van der Waals surface area contributed by atoms with Crippen LogP contribution in [0.4, 0.5) is 0 Å². The van der Waals surface area contributed by atoms with E-state index in [0.717, 1.165) is 24.8 Å². The van der Waals surface area contributed by atoms with Gasteiger partial charge >= 0.3 is 5.97 Å². The Morgan fingerprint density at radius 3 is 2.60 bits per heavy atom. The van der Waals surface area contributed by atoms with Crippen LogP contribution in [0.5, 0.6) is 0 Å². The van der Waals surface area contributed by atoms with E-state index in [9.17, 15) is 14.7 Å². The van der Waals surface area contributed by atoms with Crippen molar-refractivity contribution in [2.24, 2.45) is 11.8 Å². The van der Waals surface area contributed by atoms with E-state index < -0.39 is 12.0 Å². The topological polar surface area (TPSA) is 96.5 Å². The third-order valence-electron chi connectivity index (χ3n) is 5.31. The molecule has 1 aromatic carbocycles. The van der Waals surface area contributed by atoms with Crippen molar-refractivity contribution in [1.29, 1.82) is 0 Å². The second-order valence-electron chi connectivity index (χ2n) is 6.80. The maximum Gasteiger partial charge on any atom is 0.326 e. The van der Waals surface area contributed by atoms with Crippen molar-refractivity contribution in [2.75, 3.05) is 6.54 Å². The van der Waals surface area contributed by atoms with Crippen LogP contribution in [0.3, 0.4) is 0 Å². The number of fused-ring (bicyclic) bond motifs is 1. The Hall–Kier alpha value is -2.70. The average molecular weight is 341 g/mol. The SMILES string of the molecule is Cc1nnc(-c2ccc(C(=O)N3CC4CCCC4C3C(=O)O)cc2)o1. The lowest BCUT2D eigenvalue weighted by Gasteiger charge is -2.24. The summed E-state index contributed by atoms with van der Waals surface area (Å²) in [4.78, 5) is 26.1. The zero-order valence-corrected chi connectivity index (χ0v) is 13.9. The quantitative estimate of drug-likeness (QED) is 0.920. The van der Waals surface area contributed by atoms with Crippen molar-refractivity contribution in [3.8, 4) is 11.5 Å². The van der Waals surface area contributed by atoms with Crippen LogP contribution in [0.1, 0.15) is 35.5 Å². The van der Waals surface area contributed by atoms with Crippen LogP contribution < -0.4 is 0 Å². The molecule has 7 heteroatoms. The van der Waals surface area contributed by atoms with E-state index in [1.807, 2.05) is 0 Å². The first-order chi connectivity index (χ1) is 12.0. The first kappa shape index (κ1) is 15.8. The van der Waals surface area contributed by atoms with E-state index in [4.69, 9.17) is 4.42 Å². The van der Waals surface area contributed by atoms with Gasteiger partial charge in [-0.2, -0.15) is 0 Å². The molecule has 1 aliphatic heterocycles. The van der Waals surface area contributed by atoms with E-state index in [2.05, 4.69) is 10.2 Å². The molecule has 1 aliphatic carbocycles. The van der Waals surface area contributed by atoms with Gasteiger partial charge in [0, 0.05) is 24.6 Å². The molecule has 1 N–H and O–H groups in total. The number of carbonyl (C=O) groups is 2. The first-order valence-electron chi connectivity index (χ1n) is 8.49. The lowest BCUT2D eigenvalue weighted by Crippen LogP contribution is -2.43. The highest BCUT2D eigenvalue weighted by atomic mass is 16.4. The molecule has 0 spiro atoms. The van der Waals surface area contributed by atoms with Gasteiger partial charge in [-0.25, -0.2) is 4.79 Å². The van der Waals surface area contributed by atoms with Gasteiger partial charge in [0.15, 0.2) is 0 Å². The standard InChI is InChI=1S/C18H19N3O4/c1-10-19-20-16(25-10)11-5-7-12(8-6-11)17(22)21-9-13-3-2-4-14(13)15(21)18(23)24/h5-8,13-15H,2-4,9H2,1H3,(H,23,24). The molecule has 2 aliphatic rings. The zero-order chi connectivity index (χ0) is 17.6. The van der Waals surface area contributed by atoms with Gasteiger partial charge in [-0.1, -0.05) is 6.42 Å². The molecule has 0 bridgehead atoms. The summed E-state index contributed by atoms with van der Waals surface area (Å²) in [5.74, 6) is 0.141. The number of aliphatic carboxylic acids is 1. The number of hydrogen-bond acceptors (Lipinski definition) is 5. The fourth-order valence-electron chi connectivity index (χ4n) is 4.17. The largest absolute Gasteiger partial charge is 0.480 e. The number of aromatic nitrogens is 2. The van der Waals surface area contributed by atoms with Crippen LogP contribution in [-0.4, -0.2) is 44.7 Å². The van der Waals surface area contributed by atoms with Gasteiger partial charge in [-0.05, 0) is 48.9 Å². The van der Waals surface area contributed by atoms with E-state index >= 15 is 0 Å². The lowest BCUT2D eigenvalue weighted by atomic mass is 9.94. The van der Waals surface area contributed by atoms with Crippen molar-refractivity contribution >= 4 is 11.9 Å². The minimum atomic E-state index is -0.902. The van der Waals surface area contributed by atoms with Gasteiger partial charge < -0.3 is 14.4 Å². The molecule has 7 nitrogen and oxygen atoms in total. The Kier molecular flexibility index (Phi) is 3.78. The molecule has 25 heavy (non-hydrogen) atoms. The second kappa shape index (κ2) is 5.98. The summed E-state index contributed by atoms with van der Waals surface area (Å²) in [6.07, 6.45) is 2.95. The second-order valence-corrected chi connectivity index (χ2v) is 6.80. The van der Waals surface area contributed by atoms with Gasteiger partial charge in [0.25, 0.3) is 5.91 Å². The Labute approximate surface area is 144 Å². The zero-order valence-electron chi connectivity index (χ0n) is 13.9. The predicted octanol–water partition coefficient (Wildman–Crippen LogP) is 2.37. The van der Waals surface area contributed by atoms with E-state index in [1.165, 1.54) is 4.90 Å². The highest BCUT2D eigenvalue weighted by Gasteiger charge is 2.49. The van der Waals surface area contributed by atoms with Gasteiger partial charge in [0.1, 0.15) is 6.04 Å². The Morgan fingerprint density at radius 2 is 1.96 bits per heavy atom. The molecular weight excluding hydrogens is 322 g/mol. The Bertz CT molecular complexity index is 814. The molecule has 130 valence electrons. The van der Waals surface area contributed by atoms with Crippen molar-refractivity contribution < 1.29 is 19.1 Å². The molecule has 1 saturated carbocycles. The molecular formula is C18H19N3O4. The summed E-state index contributed by atoms with van der Waals surface area (Å²) in [6, 6.07) is 6.15. The van der Waals surface area contributed by atoms with Crippen molar-refractivity contribution in [1.82, 2.24) is 15.1 Å². The molecule has 2 heterocycles. The van der Waals surface area contributed by atoms with Crippen LogP contribution in [0, 0.1) is 18.8 Å². The summed E-state index contributed by atoms with van der Waals surface area (Å²) < 4.78 is 5.37. The van der Waals surface area contributed by atoms with Gasteiger partial charge in [0.2, 0.25) is 11.8 Å². The number of likely N-dealkylation sites (tertiary alicyclic amines) is 1.